The molecule has 1 aromatic heterocycles. The zero-order valence-corrected chi connectivity index (χ0v) is 11.0. The van der Waals surface area contributed by atoms with Gasteiger partial charge in [0.25, 0.3) is 5.91 Å². The van der Waals surface area contributed by atoms with Gasteiger partial charge in [-0.05, 0) is 34.1 Å². The summed E-state index contributed by atoms with van der Waals surface area (Å²) in [6.45, 7) is 0. The van der Waals surface area contributed by atoms with Crippen LogP contribution in [0, 0.1) is 0 Å². The van der Waals surface area contributed by atoms with E-state index in [4.69, 9.17) is 11.6 Å². The van der Waals surface area contributed by atoms with Crippen LogP contribution < -0.4 is 5.32 Å². The minimum Gasteiger partial charge on any atom is -0.306 e. The molecule has 1 N–H and O–H groups in total. The number of hydrogen-bond donors (Lipinski definition) is 1. The van der Waals surface area contributed by atoms with E-state index in [0.29, 0.717) is 20.9 Å². The Hall–Kier alpha value is -1.39. The van der Waals surface area contributed by atoms with E-state index in [0.717, 1.165) is 0 Å². The van der Waals surface area contributed by atoms with Crippen LogP contribution in [0.2, 0.25) is 5.02 Å². The summed E-state index contributed by atoms with van der Waals surface area (Å²) in [5.41, 5.74) is 0.580. The molecule has 0 radical (unpaired) electrons. The predicted molar refractivity (Wildman–Crippen MR) is 71.3 cm³/mol. The predicted octanol–water partition coefficient (Wildman–Crippen LogP) is 3.75. The summed E-state index contributed by atoms with van der Waals surface area (Å²) in [6, 6.07) is 10.6. The van der Waals surface area contributed by atoms with Crippen molar-refractivity contribution in [2.45, 2.75) is 0 Å². The van der Waals surface area contributed by atoms with Gasteiger partial charge in [0.2, 0.25) is 0 Å². The Kier molecular flexibility index (Phi) is 3.76. The summed E-state index contributed by atoms with van der Waals surface area (Å²) in [5, 5.41) is 3.21. The van der Waals surface area contributed by atoms with Crippen LogP contribution in [-0.4, -0.2) is 10.9 Å². The van der Waals surface area contributed by atoms with Gasteiger partial charge >= 0.3 is 0 Å². The zero-order valence-electron chi connectivity index (χ0n) is 8.65. The number of carbonyl (C=O) groups excluding carboxylic acids is 1. The van der Waals surface area contributed by atoms with Crippen molar-refractivity contribution < 1.29 is 4.79 Å². The molecule has 0 unspecified atom stereocenters. The third-order valence-corrected chi connectivity index (χ3v) is 2.89. The molecule has 2 aromatic rings. The number of nitrogens with one attached hydrogen (secondary N) is 1. The van der Waals surface area contributed by atoms with Crippen LogP contribution in [-0.2, 0) is 0 Å². The molecule has 2 rings (SSSR count). The molecule has 0 aliphatic carbocycles. The first-order valence-corrected chi connectivity index (χ1v) is 6.01. The molecule has 5 heteroatoms. The monoisotopic (exact) mass is 310 g/mol. The number of hydrogen-bond acceptors (Lipinski definition) is 2. The summed E-state index contributed by atoms with van der Waals surface area (Å²) in [4.78, 5) is 15.9. The molecule has 1 heterocycles. The van der Waals surface area contributed by atoms with Gasteiger partial charge in [-0.3, -0.25) is 4.79 Å². The maximum Gasteiger partial charge on any atom is 0.256 e. The van der Waals surface area contributed by atoms with Crippen molar-refractivity contribution in [1.82, 2.24) is 4.98 Å². The third-order valence-electron chi connectivity index (χ3n) is 2.08. The van der Waals surface area contributed by atoms with Crippen LogP contribution in [0.4, 0.5) is 5.82 Å². The number of amides is 1. The lowest BCUT2D eigenvalue weighted by Crippen LogP contribution is -2.13. The van der Waals surface area contributed by atoms with Crippen molar-refractivity contribution in [3.8, 4) is 0 Å². The van der Waals surface area contributed by atoms with Crippen LogP contribution in [0.15, 0.2) is 47.1 Å². The fourth-order valence-electron chi connectivity index (χ4n) is 1.28. The van der Waals surface area contributed by atoms with E-state index in [-0.39, 0.29) is 5.91 Å². The van der Waals surface area contributed by atoms with Crippen molar-refractivity contribution in [2.75, 3.05) is 5.32 Å². The van der Waals surface area contributed by atoms with Gasteiger partial charge in [0.1, 0.15) is 5.82 Å². The molecule has 0 atom stereocenters. The smallest absolute Gasteiger partial charge is 0.256 e. The van der Waals surface area contributed by atoms with Crippen molar-refractivity contribution in [1.29, 1.82) is 0 Å². The molecule has 0 saturated heterocycles. The first-order chi connectivity index (χ1) is 8.16. The number of pyridine rings is 1. The van der Waals surface area contributed by atoms with E-state index in [1.54, 1.807) is 30.3 Å². The Morgan fingerprint density at radius 3 is 2.65 bits per heavy atom. The molecule has 0 saturated carbocycles. The summed E-state index contributed by atoms with van der Waals surface area (Å²) in [5.74, 6) is 0.240. The van der Waals surface area contributed by atoms with Crippen LogP contribution >= 0.6 is 27.5 Å². The molecule has 1 amide bonds. The highest BCUT2D eigenvalue weighted by Crippen LogP contribution is 2.23. The van der Waals surface area contributed by atoms with E-state index in [2.05, 4.69) is 26.2 Å². The minimum absolute atomic E-state index is 0.207. The molecule has 0 aliphatic rings. The molecular weight excluding hydrogens is 304 g/mol. The maximum atomic E-state index is 11.8. The van der Waals surface area contributed by atoms with Crippen molar-refractivity contribution in [2.24, 2.45) is 0 Å². The second-order valence-corrected chi connectivity index (χ2v) is 4.59. The lowest BCUT2D eigenvalue weighted by Gasteiger charge is -2.06. The minimum atomic E-state index is -0.207. The van der Waals surface area contributed by atoms with Crippen LogP contribution in [0.25, 0.3) is 0 Å². The van der Waals surface area contributed by atoms with Gasteiger partial charge in [0, 0.05) is 11.8 Å². The first kappa shape index (κ1) is 12.1. The Morgan fingerprint density at radius 1 is 1.29 bits per heavy atom. The van der Waals surface area contributed by atoms with Crippen molar-refractivity contribution in [3.05, 3.63) is 57.7 Å². The highest BCUT2D eigenvalue weighted by atomic mass is 79.9. The lowest BCUT2D eigenvalue weighted by molar-refractivity contribution is 0.102. The second kappa shape index (κ2) is 5.29. The summed E-state index contributed by atoms with van der Waals surface area (Å²) < 4.78 is 0.647. The highest BCUT2D eigenvalue weighted by molar-refractivity contribution is 9.10. The van der Waals surface area contributed by atoms with E-state index < -0.39 is 0 Å². The van der Waals surface area contributed by atoms with Gasteiger partial charge in [-0.2, -0.15) is 0 Å². The number of rotatable bonds is 2. The van der Waals surface area contributed by atoms with Gasteiger partial charge in [-0.25, -0.2) is 4.98 Å². The third kappa shape index (κ3) is 3.05. The summed E-state index contributed by atoms with van der Waals surface area (Å²) >= 11 is 9.05. The van der Waals surface area contributed by atoms with E-state index in [1.165, 1.54) is 6.20 Å². The van der Waals surface area contributed by atoms with Gasteiger partial charge in [-0.1, -0.05) is 29.8 Å². The number of anilines is 1. The molecule has 1 aromatic carbocycles. The first-order valence-electron chi connectivity index (χ1n) is 4.84. The average Bonchev–Trinajstić information content (AvgIpc) is 2.34. The molecule has 86 valence electrons. The SMILES string of the molecule is O=C(Nc1ncc(Cl)cc1Br)c1ccccc1. The largest absolute Gasteiger partial charge is 0.306 e. The Bertz CT molecular complexity index is 545. The standard InChI is InChI=1S/C12H8BrClN2O/c13-10-6-9(14)7-15-11(10)16-12(17)8-4-2-1-3-5-8/h1-7H,(H,15,16,17). The fraction of sp³-hybridized carbons (Fsp3) is 0. The summed E-state index contributed by atoms with van der Waals surface area (Å²) in [7, 11) is 0. The van der Waals surface area contributed by atoms with Crippen LogP contribution in [0.3, 0.4) is 0 Å². The van der Waals surface area contributed by atoms with Crippen molar-refractivity contribution >= 4 is 39.3 Å². The topological polar surface area (TPSA) is 42.0 Å². The molecule has 0 spiro atoms. The molecular formula is C12H8BrClN2O. The molecule has 0 bridgehead atoms. The molecule has 3 nitrogen and oxygen atoms in total. The van der Waals surface area contributed by atoms with Crippen LogP contribution in [0.1, 0.15) is 10.4 Å². The molecule has 17 heavy (non-hydrogen) atoms. The van der Waals surface area contributed by atoms with Crippen LogP contribution in [0.5, 0.6) is 0 Å². The Morgan fingerprint density at radius 2 is 2.00 bits per heavy atom. The maximum absolute atomic E-state index is 11.8. The number of aromatic nitrogens is 1. The molecule has 0 aliphatic heterocycles. The van der Waals surface area contributed by atoms with E-state index >= 15 is 0 Å². The van der Waals surface area contributed by atoms with Gasteiger partial charge in [0.15, 0.2) is 0 Å². The quantitative estimate of drug-likeness (QED) is 0.918. The van der Waals surface area contributed by atoms with Gasteiger partial charge in [-0.15, -0.1) is 0 Å². The number of halogens is 2. The van der Waals surface area contributed by atoms with E-state index in [1.807, 2.05) is 6.07 Å². The Labute approximate surface area is 112 Å². The zero-order chi connectivity index (χ0) is 12.3. The van der Waals surface area contributed by atoms with Crippen molar-refractivity contribution in [3.63, 3.8) is 0 Å². The Balaban J connectivity index is 2.19. The number of carbonyl (C=O) groups is 1. The second-order valence-electron chi connectivity index (χ2n) is 3.30. The van der Waals surface area contributed by atoms with Gasteiger partial charge in [0.05, 0.1) is 9.50 Å². The normalized spacial score (nSPS) is 10.0. The number of nitrogens with zero attached hydrogens (tertiary/aromatic N) is 1. The van der Waals surface area contributed by atoms with E-state index in [9.17, 15) is 4.79 Å². The number of benzene rings is 1. The summed E-state index contributed by atoms with van der Waals surface area (Å²) in [6.07, 6.45) is 1.48. The lowest BCUT2D eigenvalue weighted by atomic mass is 10.2. The average molecular weight is 312 g/mol. The van der Waals surface area contributed by atoms with Gasteiger partial charge < -0.3 is 5.32 Å². The fourth-order valence-corrected chi connectivity index (χ4v) is 2.01. The highest BCUT2D eigenvalue weighted by Gasteiger charge is 2.08. The molecule has 0 fully saturated rings.